The number of imide groups is 1. The van der Waals surface area contributed by atoms with Crippen LogP contribution in [0.2, 0.25) is 0 Å². The average molecular weight is 266 g/mol. The number of nitrogens with zero attached hydrogens (tertiary/aromatic N) is 1. The molecule has 0 aromatic heterocycles. The molecule has 4 nitrogen and oxygen atoms in total. The quantitative estimate of drug-likeness (QED) is 0.837. The highest BCUT2D eigenvalue weighted by atomic mass is 32.2. The summed E-state index contributed by atoms with van der Waals surface area (Å²) in [5.41, 5.74) is -0.575. The van der Waals surface area contributed by atoms with Crippen LogP contribution < -0.4 is 5.32 Å². The summed E-state index contributed by atoms with van der Waals surface area (Å²) in [7, 11) is 1.63. The van der Waals surface area contributed by atoms with Crippen molar-refractivity contribution in [2.75, 3.05) is 7.05 Å². The van der Waals surface area contributed by atoms with Gasteiger partial charge in [0.1, 0.15) is 0 Å². The van der Waals surface area contributed by atoms with Gasteiger partial charge in [0, 0.05) is 17.4 Å². The largest absolute Gasteiger partial charge is 0.334 e. The van der Waals surface area contributed by atoms with Crippen molar-refractivity contribution in [2.45, 2.75) is 25.7 Å². The van der Waals surface area contributed by atoms with E-state index in [1.54, 1.807) is 27.8 Å². The summed E-state index contributed by atoms with van der Waals surface area (Å²) in [4.78, 5) is 24.4. The molecule has 0 saturated carbocycles. The van der Waals surface area contributed by atoms with Crippen LogP contribution in [0.4, 0.5) is 4.79 Å². The van der Waals surface area contributed by atoms with Crippen LogP contribution in [0.15, 0.2) is 35.2 Å². The van der Waals surface area contributed by atoms with Gasteiger partial charge >= 0.3 is 6.03 Å². The Morgan fingerprint density at radius 2 is 1.72 bits per heavy atom. The van der Waals surface area contributed by atoms with Gasteiger partial charge in [-0.05, 0) is 24.1 Å². The van der Waals surface area contributed by atoms with Crippen molar-refractivity contribution in [3.63, 3.8) is 0 Å². The van der Waals surface area contributed by atoms with Crippen molar-refractivity contribution in [3.05, 3.63) is 30.3 Å². The summed E-state index contributed by atoms with van der Waals surface area (Å²) in [6.07, 6.45) is 0. The molecule has 0 saturated heterocycles. The zero-order valence-corrected chi connectivity index (χ0v) is 11.9. The highest BCUT2D eigenvalue weighted by Gasteiger charge is 2.24. The monoisotopic (exact) mass is 266 g/mol. The Bertz CT molecular complexity index is 426. The number of carbonyl (C=O) groups excluding carboxylic acids is 2. The molecule has 1 rings (SSSR count). The molecule has 1 aromatic rings. The highest BCUT2D eigenvalue weighted by molar-refractivity contribution is 7.97. The molecule has 0 aliphatic heterocycles. The summed E-state index contributed by atoms with van der Waals surface area (Å²) in [5.74, 6) is -0.284. The van der Waals surface area contributed by atoms with Crippen molar-refractivity contribution in [3.8, 4) is 0 Å². The van der Waals surface area contributed by atoms with Crippen LogP contribution in [0.5, 0.6) is 0 Å². The van der Waals surface area contributed by atoms with E-state index in [4.69, 9.17) is 0 Å². The molecule has 1 aromatic carbocycles. The van der Waals surface area contributed by atoms with Crippen molar-refractivity contribution in [1.29, 1.82) is 0 Å². The topological polar surface area (TPSA) is 49.4 Å². The Kier molecular flexibility index (Phi) is 4.78. The van der Waals surface area contributed by atoms with Gasteiger partial charge in [-0.15, -0.1) is 0 Å². The Morgan fingerprint density at radius 3 is 2.22 bits per heavy atom. The van der Waals surface area contributed by atoms with Crippen molar-refractivity contribution >= 4 is 23.9 Å². The first-order valence-corrected chi connectivity index (χ1v) is 6.40. The van der Waals surface area contributed by atoms with Gasteiger partial charge in [-0.25, -0.2) is 4.79 Å². The third kappa shape index (κ3) is 4.41. The van der Waals surface area contributed by atoms with Gasteiger partial charge in [0.05, 0.1) is 0 Å². The zero-order valence-electron chi connectivity index (χ0n) is 11.1. The standard InChI is InChI=1S/C13H18N2O2S/c1-13(2,3)11(16)14-12(17)15(4)18-10-8-6-5-7-9-10/h5-9H,1-4H3,(H,14,16,17). The normalized spacial score (nSPS) is 10.9. The fourth-order valence-electron chi connectivity index (χ4n) is 1.04. The van der Waals surface area contributed by atoms with Crippen LogP contribution in [-0.2, 0) is 4.79 Å². The maximum atomic E-state index is 11.8. The maximum absolute atomic E-state index is 11.8. The lowest BCUT2D eigenvalue weighted by Gasteiger charge is -2.20. The van der Waals surface area contributed by atoms with Crippen molar-refractivity contribution in [1.82, 2.24) is 9.62 Å². The van der Waals surface area contributed by atoms with E-state index in [2.05, 4.69) is 5.32 Å². The summed E-state index contributed by atoms with van der Waals surface area (Å²) in [6, 6.07) is 9.10. The van der Waals surface area contributed by atoms with E-state index in [9.17, 15) is 9.59 Å². The summed E-state index contributed by atoms with van der Waals surface area (Å²) in [6.45, 7) is 5.29. The molecule has 0 atom stereocenters. The smallest absolute Gasteiger partial charge is 0.277 e. The molecule has 18 heavy (non-hydrogen) atoms. The number of hydrogen-bond acceptors (Lipinski definition) is 3. The van der Waals surface area contributed by atoms with Crippen LogP contribution in [-0.4, -0.2) is 23.3 Å². The van der Waals surface area contributed by atoms with Crippen LogP contribution >= 0.6 is 11.9 Å². The van der Waals surface area contributed by atoms with Gasteiger partial charge in [0.2, 0.25) is 5.91 Å². The van der Waals surface area contributed by atoms with E-state index >= 15 is 0 Å². The van der Waals surface area contributed by atoms with Crippen LogP contribution in [0.3, 0.4) is 0 Å². The molecule has 5 heteroatoms. The second-order valence-electron chi connectivity index (χ2n) is 4.91. The molecule has 3 amide bonds. The molecular formula is C13H18N2O2S. The number of urea groups is 1. The first-order chi connectivity index (χ1) is 8.30. The number of carbonyl (C=O) groups is 2. The van der Waals surface area contributed by atoms with E-state index in [0.717, 1.165) is 4.90 Å². The average Bonchev–Trinajstić information content (AvgIpc) is 2.28. The van der Waals surface area contributed by atoms with E-state index in [0.29, 0.717) is 0 Å². The van der Waals surface area contributed by atoms with Gasteiger partial charge in [-0.1, -0.05) is 39.0 Å². The predicted octanol–water partition coefficient (Wildman–Crippen LogP) is 2.91. The highest BCUT2D eigenvalue weighted by Crippen LogP contribution is 2.20. The molecule has 0 bridgehead atoms. The van der Waals surface area contributed by atoms with E-state index in [1.165, 1.54) is 16.3 Å². The predicted molar refractivity (Wildman–Crippen MR) is 73.1 cm³/mol. The number of hydrogen-bond donors (Lipinski definition) is 1. The molecule has 0 spiro atoms. The number of amides is 3. The Hall–Kier alpha value is -1.49. The minimum Gasteiger partial charge on any atom is -0.277 e. The lowest BCUT2D eigenvalue weighted by atomic mass is 9.96. The van der Waals surface area contributed by atoms with Crippen molar-refractivity contribution < 1.29 is 9.59 Å². The van der Waals surface area contributed by atoms with Gasteiger partial charge in [0.25, 0.3) is 0 Å². The summed E-state index contributed by atoms with van der Waals surface area (Å²) >= 11 is 1.27. The van der Waals surface area contributed by atoms with Crippen LogP contribution in [0.25, 0.3) is 0 Å². The summed E-state index contributed by atoms with van der Waals surface area (Å²) in [5, 5.41) is 2.37. The third-order valence-corrected chi connectivity index (χ3v) is 3.10. The molecule has 98 valence electrons. The first kappa shape index (κ1) is 14.6. The molecule has 0 aliphatic rings. The third-order valence-electron chi connectivity index (χ3n) is 2.17. The van der Waals surface area contributed by atoms with E-state index in [1.807, 2.05) is 30.3 Å². The maximum Gasteiger partial charge on any atom is 0.334 e. The van der Waals surface area contributed by atoms with Gasteiger partial charge in [-0.3, -0.25) is 14.4 Å². The molecule has 0 aliphatic carbocycles. The van der Waals surface area contributed by atoms with Gasteiger partial charge in [0.15, 0.2) is 0 Å². The molecule has 0 fully saturated rings. The SMILES string of the molecule is CN(Sc1ccccc1)C(=O)NC(=O)C(C)(C)C. The Balaban J connectivity index is 2.55. The Labute approximate surface area is 112 Å². The summed E-state index contributed by atoms with van der Waals surface area (Å²) < 4.78 is 1.40. The van der Waals surface area contributed by atoms with Crippen molar-refractivity contribution in [2.24, 2.45) is 5.41 Å². The van der Waals surface area contributed by atoms with Gasteiger partial charge in [-0.2, -0.15) is 0 Å². The lowest BCUT2D eigenvalue weighted by molar-refractivity contribution is -0.127. The first-order valence-electron chi connectivity index (χ1n) is 5.63. The van der Waals surface area contributed by atoms with E-state index < -0.39 is 11.4 Å². The fraction of sp³-hybridized carbons (Fsp3) is 0.385. The minimum absolute atomic E-state index is 0.284. The molecular weight excluding hydrogens is 248 g/mol. The number of benzene rings is 1. The molecule has 0 heterocycles. The van der Waals surface area contributed by atoms with Gasteiger partial charge < -0.3 is 0 Å². The van der Waals surface area contributed by atoms with E-state index in [-0.39, 0.29) is 5.91 Å². The lowest BCUT2D eigenvalue weighted by Crippen LogP contribution is -2.43. The number of nitrogens with one attached hydrogen (secondary N) is 1. The molecule has 0 unspecified atom stereocenters. The molecule has 1 N–H and O–H groups in total. The Morgan fingerprint density at radius 1 is 1.17 bits per heavy atom. The second-order valence-corrected chi connectivity index (χ2v) is 6.11. The fourth-order valence-corrected chi connectivity index (χ4v) is 1.77. The molecule has 0 radical (unpaired) electrons. The van der Waals surface area contributed by atoms with Crippen LogP contribution in [0.1, 0.15) is 20.8 Å². The number of rotatable bonds is 2. The zero-order chi connectivity index (χ0) is 13.8. The second kappa shape index (κ2) is 5.91. The minimum atomic E-state index is -0.575. The van der Waals surface area contributed by atoms with Crippen LogP contribution in [0, 0.1) is 5.41 Å².